The summed E-state index contributed by atoms with van der Waals surface area (Å²) >= 11 is 0. The number of fused-ring (bicyclic) bond motifs is 1. The fourth-order valence-electron chi connectivity index (χ4n) is 4.10. The number of benzene rings is 2. The highest BCUT2D eigenvalue weighted by atomic mass is 32.2. The summed E-state index contributed by atoms with van der Waals surface area (Å²) < 4.78 is 28.6. The molecule has 1 amide bonds. The van der Waals surface area contributed by atoms with Crippen molar-refractivity contribution in [2.45, 2.75) is 58.9 Å². The number of sulfonamides is 1. The zero-order valence-electron chi connectivity index (χ0n) is 17.9. The van der Waals surface area contributed by atoms with Gasteiger partial charge in [0.15, 0.2) is 0 Å². The molecule has 2 aromatic carbocycles. The Balaban J connectivity index is 1.67. The van der Waals surface area contributed by atoms with Crippen LogP contribution in [0.5, 0.6) is 0 Å². The molecular formula is C23H30N2O3S. The van der Waals surface area contributed by atoms with Gasteiger partial charge in [0.2, 0.25) is 15.9 Å². The zero-order valence-corrected chi connectivity index (χ0v) is 18.7. The van der Waals surface area contributed by atoms with Crippen LogP contribution >= 0.6 is 0 Å². The van der Waals surface area contributed by atoms with Gasteiger partial charge in [-0.25, -0.2) is 13.1 Å². The van der Waals surface area contributed by atoms with Crippen LogP contribution in [0.15, 0.2) is 29.2 Å². The van der Waals surface area contributed by atoms with Gasteiger partial charge < -0.3 is 4.90 Å². The average molecular weight is 415 g/mol. The van der Waals surface area contributed by atoms with Gasteiger partial charge in [0.25, 0.3) is 0 Å². The molecular weight excluding hydrogens is 384 g/mol. The normalized spacial score (nSPS) is 14.0. The first-order valence-corrected chi connectivity index (χ1v) is 11.5. The molecule has 1 heterocycles. The molecule has 0 atom stereocenters. The monoisotopic (exact) mass is 414 g/mol. The molecule has 0 aromatic heterocycles. The van der Waals surface area contributed by atoms with Crippen molar-refractivity contribution in [3.8, 4) is 0 Å². The third-order valence-electron chi connectivity index (χ3n) is 6.31. The maximum Gasteiger partial charge on any atom is 0.241 e. The third kappa shape index (κ3) is 4.23. The van der Waals surface area contributed by atoms with E-state index in [2.05, 4.69) is 10.8 Å². The molecule has 1 aliphatic rings. The van der Waals surface area contributed by atoms with E-state index in [0.29, 0.717) is 18.0 Å². The summed E-state index contributed by atoms with van der Waals surface area (Å²) in [5, 5.41) is 0. The van der Waals surface area contributed by atoms with Crippen LogP contribution in [0.25, 0.3) is 0 Å². The number of carbonyl (C=O) groups excluding carboxylic acids is 1. The van der Waals surface area contributed by atoms with E-state index < -0.39 is 10.0 Å². The number of amides is 1. The fourth-order valence-corrected chi connectivity index (χ4v) is 5.73. The van der Waals surface area contributed by atoms with Crippen molar-refractivity contribution >= 4 is 15.9 Å². The Morgan fingerprint density at radius 2 is 1.48 bits per heavy atom. The molecule has 0 bridgehead atoms. The minimum absolute atomic E-state index is 0.0214. The first-order valence-electron chi connectivity index (χ1n) is 10.0. The number of hydrogen-bond acceptors (Lipinski definition) is 3. The molecule has 0 saturated heterocycles. The molecule has 0 fully saturated rings. The van der Waals surface area contributed by atoms with E-state index in [-0.39, 0.29) is 18.9 Å². The van der Waals surface area contributed by atoms with Crippen molar-refractivity contribution in [1.29, 1.82) is 0 Å². The number of nitrogens with one attached hydrogen (secondary N) is 1. The average Bonchev–Trinajstić information content (AvgIpc) is 2.70. The van der Waals surface area contributed by atoms with Crippen LogP contribution in [-0.2, 0) is 27.8 Å². The molecule has 3 rings (SSSR count). The molecule has 29 heavy (non-hydrogen) atoms. The second-order valence-corrected chi connectivity index (χ2v) is 9.64. The van der Waals surface area contributed by atoms with E-state index in [4.69, 9.17) is 0 Å². The first kappa shape index (κ1) is 21.5. The van der Waals surface area contributed by atoms with Crippen LogP contribution in [0.3, 0.4) is 0 Å². The summed E-state index contributed by atoms with van der Waals surface area (Å²) in [6.45, 7) is 11.0. The lowest BCUT2D eigenvalue weighted by Crippen LogP contribution is -2.38. The molecule has 0 aliphatic carbocycles. The van der Waals surface area contributed by atoms with Crippen LogP contribution in [-0.4, -0.2) is 32.3 Å². The van der Waals surface area contributed by atoms with Crippen LogP contribution in [0, 0.1) is 34.6 Å². The van der Waals surface area contributed by atoms with Crippen molar-refractivity contribution in [3.63, 3.8) is 0 Å². The summed E-state index contributed by atoms with van der Waals surface area (Å²) in [4.78, 5) is 14.8. The largest absolute Gasteiger partial charge is 0.338 e. The van der Waals surface area contributed by atoms with Gasteiger partial charge in [0.1, 0.15) is 0 Å². The Labute approximate surface area is 174 Å². The van der Waals surface area contributed by atoms with Gasteiger partial charge in [-0.2, -0.15) is 0 Å². The summed E-state index contributed by atoms with van der Waals surface area (Å²) in [6.07, 6.45) is 0.997. The highest BCUT2D eigenvalue weighted by Gasteiger charge is 2.25. The standard InChI is InChI=1S/C23H30N2O3S/c1-15-16(2)18(4)23(19(5)17(15)3)29(27,28)24-12-10-22(26)25-13-11-20-8-6-7-9-21(20)14-25/h6-9,24H,10-14H2,1-5H3. The zero-order chi connectivity index (χ0) is 21.3. The van der Waals surface area contributed by atoms with Crippen LogP contribution in [0.1, 0.15) is 45.4 Å². The van der Waals surface area contributed by atoms with E-state index in [1.54, 1.807) is 0 Å². The maximum atomic E-state index is 13.0. The molecule has 1 aliphatic heterocycles. The smallest absolute Gasteiger partial charge is 0.241 e. The molecule has 0 saturated carbocycles. The molecule has 156 valence electrons. The third-order valence-corrected chi connectivity index (χ3v) is 8.05. The van der Waals surface area contributed by atoms with Crippen molar-refractivity contribution in [3.05, 3.63) is 63.2 Å². The van der Waals surface area contributed by atoms with Gasteiger partial charge in [-0.1, -0.05) is 24.3 Å². The Hall–Kier alpha value is -2.18. The van der Waals surface area contributed by atoms with Gasteiger partial charge in [-0.15, -0.1) is 0 Å². The van der Waals surface area contributed by atoms with Gasteiger partial charge in [0.05, 0.1) is 4.90 Å². The molecule has 0 unspecified atom stereocenters. The van der Waals surface area contributed by atoms with E-state index in [1.807, 2.05) is 57.7 Å². The predicted molar refractivity (Wildman–Crippen MR) is 115 cm³/mol. The summed E-state index contributed by atoms with van der Waals surface area (Å²) in [5.74, 6) is -0.0214. The fraction of sp³-hybridized carbons (Fsp3) is 0.435. The second kappa shape index (κ2) is 8.28. The van der Waals surface area contributed by atoms with Gasteiger partial charge >= 0.3 is 0 Å². The highest BCUT2D eigenvalue weighted by Crippen LogP contribution is 2.29. The van der Waals surface area contributed by atoms with Crippen molar-refractivity contribution in [2.24, 2.45) is 0 Å². The van der Waals surface area contributed by atoms with Gasteiger partial charge in [0, 0.05) is 26.1 Å². The molecule has 1 N–H and O–H groups in total. The second-order valence-electron chi connectivity index (χ2n) is 7.94. The maximum absolute atomic E-state index is 13.0. The molecule has 0 spiro atoms. The molecule has 2 aromatic rings. The summed E-state index contributed by atoms with van der Waals surface area (Å²) in [6, 6.07) is 8.15. The summed E-state index contributed by atoms with van der Waals surface area (Å²) in [5.41, 5.74) is 7.12. The summed E-state index contributed by atoms with van der Waals surface area (Å²) in [7, 11) is -3.68. The number of hydrogen-bond donors (Lipinski definition) is 1. The molecule has 6 heteroatoms. The Bertz CT molecular complexity index is 1030. The van der Waals surface area contributed by atoms with E-state index in [9.17, 15) is 13.2 Å². The Morgan fingerprint density at radius 1 is 0.931 bits per heavy atom. The van der Waals surface area contributed by atoms with Crippen molar-refractivity contribution in [2.75, 3.05) is 13.1 Å². The van der Waals surface area contributed by atoms with Gasteiger partial charge in [-0.05, 0) is 80.0 Å². The van der Waals surface area contributed by atoms with Gasteiger partial charge in [-0.3, -0.25) is 4.79 Å². The topological polar surface area (TPSA) is 66.5 Å². The van der Waals surface area contributed by atoms with E-state index in [1.165, 1.54) is 11.1 Å². The first-order chi connectivity index (χ1) is 13.6. The minimum atomic E-state index is -3.68. The van der Waals surface area contributed by atoms with Crippen molar-refractivity contribution in [1.82, 2.24) is 9.62 Å². The number of nitrogens with zero attached hydrogens (tertiary/aromatic N) is 1. The Kier molecular flexibility index (Phi) is 6.15. The van der Waals surface area contributed by atoms with Crippen LogP contribution in [0.2, 0.25) is 0 Å². The van der Waals surface area contributed by atoms with Crippen LogP contribution in [0.4, 0.5) is 0 Å². The Morgan fingerprint density at radius 3 is 2.10 bits per heavy atom. The van der Waals surface area contributed by atoms with Crippen molar-refractivity contribution < 1.29 is 13.2 Å². The lowest BCUT2D eigenvalue weighted by Gasteiger charge is -2.29. The number of rotatable bonds is 5. The highest BCUT2D eigenvalue weighted by molar-refractivity contribution is 7.89. The lowest BCUT2D eigenvalue weighted by molar-refractivity contribution is -0.131. The quantitative estimate of drug-likeness (QED) is 0.815. The SMILES string of the molecule is Cc1c(C)c(C)c(S(=O)(=O)NCCC(=O)N2CCc3ccccc3C2)c(C)c1C. The lowest BCUT2D eigenvalue weighted by atomic mass is 9.95. The molecule has 5 nitrogen and oxygen atoms in total. The van der Waals surface area contributed by atoms with Crippen LogP contribution < -0.4 is 4.72 Å². The number of carbonyl (C=O) groups is 1. The predicted octanol–water partition coefficient (Wildman–Crippen LogP) is 3.48. The van der Waals surface area contributed by atoms with E-state index in [0.717, 1.165) is 34.2 Å². The van der Waals surface area contributed by atoms with E-state index >= 15 is 0 Å². The molecule has 0 radical (unpaired) electrons. The minimum Gasteiger partial charge on any atom is -0.338 e.